The maximum absolute atomic E-state index is 13.4. The van der Waals surface area contributed by atoms with Gasteiger partial charge in [0, 0.05) is 11.3 Å². The normalized spacial score (nSPS) is 12.6. The van der Waals surface area contributed by atoms with Crippen LogP contribution in [0.3, 0.4) is 0 Å². The van der Waals surface area contributed by atoms with Crippen molar-refractivity contribution in [2.75, 3.05) is 0 Å². The van der Waals surface area contributed by atoms with Gasteiger partial charge < -0.3 is 0 Å². The van der Waals surface area contributed by atoms with Gasteiger partial charge >= 0.3 is 0 Å². The molecule has 2 aromatic rings. The van der Waals surface area contributed by atoms with Crippen LogP contribution in [0, 0.1) is 5.82 Å². The van der Waals surface area contributed by atoms with Crippen LogP contribution >= 0.6 is 27.3 Å². The van der Waals surface area contributed by atoms with Gasteiger partial charge in [-0.15, -0.1) is 11.3 Å². The van der Waals surface area contributed by atoms with Crippen molar-refractivity contribution in [3.8, 4) is 0 Å². The summed E-state index contributed by atoms with van der Waals surface area (Å²) in [6, 6.07) is 9.04. The Labute approximate surface area is 112 Å². The predicted octanol–water partition coefficient (Wildman–Crippen LogP) is 3.40. The summed E-state index contributed by atoms with van der Waals surface area (Å²) in [5, 5.41) is 2.02. The van der Waals surface area contributed by atoms with Gasteiger partial charge in [-0.25, -0.2) is 4.39 Å². The third-order valence-corrected chi connectivity index (χ3v) is 4.07. The molecule has 1 atom stereocenters. The SMILES string of the molecule is NNC(Cc1cccs1)c1ccc(Br)c(F)c1. The van der Waals surface area contributed by atoms with E-state index in [1.54, 1.807) is 17.4 Å². The van der Waals surface area contributed by atoms with Gasteiger partial charge in [0.05, 0.1) is 10.5 Å². The first-order chi connectivity index (χ1) is 8.20. The molecule has 17 heavy (non-hydrogen) atoms. The van der Waals surface area contributed by atoms with Gasteiger partial charge in [0.15, 0.2) is 0 Å². The number of hydrazine groups is 1. The van der Waals surface area contributed by atoms with E-state index in [1.165, 1.54) is 10.9 Å². The van der Waals surface area contributed by atoms with E-state index in [2.05, 4.69) is 21.4 Å². The molecule has 0 bridgehead atoms. The van der Waals surface area contributed by atoms with Crippen LogP contribution < -0.4 is 11.3 Å². The molecule has 1 aromatic carbocycles. The maximum Gasteiger partial charge on any atom is 0.137 e. The first kappa shape index (κ1) is 12.7. The van der Waals surface area contributed by atoms with Crippen LogP contribution in [0.25, 0.3) is 0 Å². The number of nitrogens with one attached hydrogen (secondary N) is 1. The van der Waals surface area contributed by atoms with Crippen molar-refractivity contribution in [3.63, 3.8) is 0 Å². The van der Waals surface area contributed by atoms with E-state index in [0.29, 0.717) is 4.47 Å². The minimum atomic E-state index is -0.270. The van der Waals surface area contributed by atoms with Crippen molar-refractivity contribution in [2.24, 2.45) is 5.84 Å². The lowest BCUT2D eigenvalue weighted by Gasteiger charge is -2.15. The second-order valence-corrected chi connectivity index (χ2v) is 5.56. The van der Waals surface area contributed by atoms with E-state index in [9.17, 15) is 4.39 Å². The third kappa shape index (κ3) is 3.13. The van der Waals surface area contributed by atoms with Crippen LogP contribution in [0.2, 0.25) is 0 Å². The summed E-state index contributed by atoms with van der Waals surface area (Å²) in [5.41, 5.74) is 3.58. The molecule has 0 amide bonds. The van der Waals surface area contributed by atoms with Gasteiger partial charge in [-0.05, 0) is 45.1 Å². The number of benzene rings is 1. The molecule has 90 valence electrons. The zero-order chi connectivity index (χ0) is 12.3. The molecule has 0 radical (unpaired) electrons. The van der Waals surface area contributed by atoms with Crippen LogP contribution in [0.15, 0.2) is 40.2 Å². The van der Waals surface area contributed by atoms with E-state index in [4.69, 9.17) is 5.84 Å². The molecule has 3 N–H and O–H groups in total. The number of rotatable bonds is 4. The minimum Gasteiger partial charge on any atom is -0.271 e. The fraction of sp³-hybridized carbons (Fsp3) is 0.167. The van der Waals surface area contributed by atoms with Gasteiger partial charge in [0.1, 0.15) is 5.82 Å². The molecular weight excluding hydrogens is 303 g/mol. The van der Waals surface area contributed by atoms with E-state index in [1.807, 2.05) is 23.6 Å². The van der Waals surface area contributed by atoms with Gasteiger partial charge in [0.2, 0.25) is 0 Å². The highest BCUT2D eigenvalue weighted by Crippen LogP contribution is 2.24. The van der Waals surface area contributed by atoms with Crippen molar-refractivity contribution >= 4 is 27.3 Å². The number of halogens is 2. The average molecular weight is 315 g/mol. The minimum absolute atomic E-state index is 0.0729. The summed E-state index contributed by atoms with van der Waals surface area (Å²) in [7, 11) is 0. The van der Waals surface area contributed by atoms with E-state index >= 15 is 0 Å². The molecule has 0 spiro atoms. The van der Waals surface area contributed by atoms with Crippen LogP contribution in [-0.2, 0) is 6.42 Å². The average Bonchev–Trinajstić information content (AvgIpc) is 2.82. The molecule has 1 aromatic heterocycles. The van der Waals surface area contributed by atoms with Crippen LogP contribution in [0.4, 0.5) is 4.39 Å². The molecule has 0 aliphatic heterocycles. The summed E-state index contributed by atoms with van der Waals surface area (Å²) in [5.74, 6) is 5.26. The second-order valence-electron chi connectivity index (χ2n) is 3.68. The van der Waals surface area contributed by atoms with E-state index in [0.717, 1.165) is 12.0 Å². The smallest absolute Gasteiger partial charge is 0.137 e. The van der Waals surface area contributed by atoms with Gasteiger partial charge in [0.25, 0.3) is 0 Å². The molecule has 1 heterocycles. The molecule has 0 saturated carbocycles. The van der Waals surface area contributed by atoms with Crippen molar-refractivity contribution < 1.29 is 4.39 Å². The monoisotopic (exact) mass is 314 g/mol. The first-order valence-corrected chi connectivity index (χ1v) is 6.81. The molecular formula is C12H12BrFN2S. The number of nitrogens with two attached hydrogens (primary N) is 1. The zero-order valence-corrected chi connectivity index (χ0v) is 11.4. The Balaban J connectivity index is 2.20. The Morgan fingerprint density at radius 3 is 2.82 bits per heavy atom. The highest BCUT2D eigenvalue weighted by Gasteiger charge is 2.12. The first-order valence-electron chi connectivity index (χ1n) is 5.14. The lowest BCUT2D eigenvalue weighted by Crippen LogP contribution is -2.29. The molecule has 0 aliphatic rings. The molecule has 1 unspecified atom stereocenters. The Morgan fingerprint density at radius 2 is 2.24 bits per heavy atom. The van der Waals surface area contributed by atoms with Crippen LogP contribution in [0.5, 0.6) is 0 Å². The summed E-state index contributed by atoms with van der Waals surface area (Å²) in [4.78, 5) is 1.22. The third-order valence-electron chi connectivity index (χ3n) is 2.53. The van der Waals surface area contributed by atoms with Crippen molar-refractivity contribution in [2.45, 2.75) is 12.5 Å². The quantitative estimate of drug-likeness (QED) is 0.670. The summed E-state index contributed by atoms with van der Waals surface area (Å²) < 4.78 is 13.9. The van der Waals surface area contributed by atoms with Crippen LogP contribution in [0.1, 0.15) is 16.5 Å². The van der Waals surface area contributed by atoms with Crippen molar-refractivity contribution in [1.29, 1.82) is 0 Å². The lowest BCUT2D eigenvalue weighted by molar-refractivity contribution is 0.547. The highest BCUT2D eigenvalue weighted by molar-refractivity contribution is 9.10. The number of hydrogen-bond acceptors (Lipinski definition) is 3. The standard InChI is InChI=1S/C12H12BrFN2S/c13-10-4-3-8(6-11(10)14)12(16-15)7-9-2-1-5-17-9/h1-6,12,16H,7,15H2. The molecule has 2 nitrogen and oxygen atoms in total. The molecule has 5 heteroatoms. The van der Waals surface area contributed by atoms with E-state index in [-0.39, 0.29) is 11.9 Å². The summed E-state index contributed by atoms with van der Waals surface area (Å²) >= 11 is 4.81. The Morgan fingerprint density at radius 1 is 1.41 bits per heavy atom. The van der Waals surface area contributed by atoms with Crippen LogP contribution in [-0.4, -0.2) is 0 Å². The topological polar surface area (TPSA) is 38.0 Å². The second kappa shape index (κ2) is 5.73. The summed E-state index contributed by atoms with van der Waals surface area (Å²) in [6.45, 7) is 0. The Kier molecular flexibility index (Phi) is 4.28. The van der Waals surface area contributed by atoms with E-state index < -0.39 is 0 Å². The fourth-order valence-corrected chi connectivity index (χ4v) is 2.63. The fourth-order valence-electron chi connectivity index (χ4n) is 1.63. The van der Waals surface area contributed by atoms with Gasteiger partial charge in [-0.3, -0.25) is 11.3 Å². The molecule has 0 aliphatic carbocycles. The maximum atomic E-state index is 13.4. The van der Waals surface area contributed by atoms with Gasteiger partial charge in [-0.1, -0.05) is 12.1 Å². The molecule has 0 fully saturated rings. The predicted molar refractivity (Wildman–Crippen MR) is 72.2 cm³/mol. The Bertz CT molecular complexity index is 487. The van der Waals surface area contributed by atoms with Crippen molar-refractivity contribution in [3.05, 3.63) is 56.4 Å². The summed E-state index contributed by atoms with van der Waals surface area (Å²) in [6.07, 6.45) is 0.759. The van der Waals surface area contributed by atoms with Crippen molar-refractivity contribution in [1.82, 2.24) is 5.43 Å². The molecule has 2 rings (SSSR count). The highest BCUT2D eigenvalue weighted by atomic mass is 79.9. The number of hydrogen-bond donors (Lipinski definition) is 2. The Hall–Kier alpha value is -0.750. The number of thiophene rings is 1. The lowest BCUT2D eigenvalue weighted by atomic mass is 10.0. The largest absolute Gasteiger partial charge is 0.271 e. The molecule has 0 saturated heterocycles. The van der Waals surface area contributed by atoms with Gasteiger partial charge in [-0.2, -0.15) is 0 Å². The zero-order valence-electron chi connectivity index (χ0n) is 8.99.